The molecule has 6 nitrogen and oxygen atoms in total. The van der Waals surface area contributed by atoms with Gasteiger partial charge in [-0.15, -0.1) is 0 Å². The SMILES string of the molecule is CCCCCC(=O)Nc1ccc2c(c1)c(Cc1ccc(C(=O)OC)cc1OC)cn2CCCCC. The van der Waals surface area contributed by atoms with Gasteiger partial charge in [-0.05, 0) is 54.3 Å². The molecular weight excluding hydrogens is 440 g/mol. The van der Waals surface area contributed by atoms with Gasteiger partial charge in [0.2, 0.25) is 5.91 Å². The Labute approximate surface area is 208 Å². The van der Waals surface area contributed by atoms with Crippen molar-refractivity contribution in [3.05, 3.63) is 59.3 Å². The van der Waals surface area contributed by atoms with E-state index in [1.807, 2.05) is 12.1 Å². The third kappa shape index (κ3) is 6.87. The quantitative estimate of drug-likeness (QED) is 0.218. The summed E-state index contributed by atoms with van der Waals surface area (Å²) in [5.74, 6) is 0.323. The summed E-state index contributed by atoms with van der Waals surface area (Å²) in [4.78, 5) is 24.4. The molecule has 0 aliphatic heterocycles. The minimum absolute atomic E-state index is 0.0572. The zero-order valence-corrected chi connectivity index (χ0v) is 21.5. The van der Waals surface area contributed by atoms with Crippen LogP contribution in [-0.2, 0) is 22.5 Å². The summed E-state index contributed by atoms with van der Waals surface area (Å²) < 4.78 is 12.8. The summed E-state index contributed by atoms with van der Waals surface area (Å²) >= 11 is 0. The molecule has 1 N–H and O–H groups in total. The number of aryl methyl sites for hydroxylation is 1. The molecule has 1 aromatic heterocycles. The number of fused-ring (bicyclic) bond motifs is 1. The van der Waals surface area contributed by atoms with Gasteiger partial charge in [-0.3, -0.25) is 4.79 Å². The van der Waals surface area contributed by atoms with Gasteiger partial charge in [0.15, 0.2) is 0 Å². The van der Waals surface area contributed by atoms with Crippen LogP contribution in [0.2, 0.25) is 0 Å². The van der Waals surface area contributed by atoms with E-state index in [9.17, 15) is 9.59 Å². The van der Waals surface area contributed by atoms with E-state index in [1.165, 1.54) is 20.0 Å². The minimum Gasteiger partial charge on any atom is -0.496 e. The number of ether oxygens (including phenoxy) is 2. The first-order chi connectivity index (χ1) is 17.0. The first-order valence-corrected chi connectivity index (χ1v) is 12.7. The highest BCUT2D eigenvalue weighted by Crippen LogP contribution is 2.31. The van der Waals surface area contributed by atoms with Crippen LogP contribution in [0.4, 0.5) is 5.69 Å². The maximum Gasteiger partial charge on any atom is 0.337 e. The smallest absolute Gasteiger partial charge is 0.337 e. The molecule has 0 aliphatic carbocycles. The fourth-order valence-corrected chi connectivity index (χ4v) is 4.41. The lowest BCUT2D eigenvalue weighted by molar-refractivity contribution is -0.116. The Bertz CT molecular complexity index is 1150. The maximum absolute atomic E-state index is 12.4. The molecule has 3 rings (SSSR count). The van der Waals surface area contributed by atoms with E-state index in [0.717, 1.165) is 59.9 Å². The van der Waals surface area contributed by atoms with E-state index in [2.05, 4.69) is 42.1 Å². The van der Waals surface area contributed by atoms with Crippen molar-refractivity contribution < 1.29 is 19.1 Å². The van der Waals surface area contributed by atoms with E-state index >= 15 is 0 Å². The summed E-state index contributed by atoms with van der Waals surface area (Å²) in [6.45, 7) is 5.29. The van der Waals surface area contributed by atoms with E-state index < -0.39 is 0 Å². The molecule has 2 aromatic carbocycles. The highest BCUT2D eigenvalue weighted by molar-refractivity contribution is 5.95. The molecule has 0 atom stereocenters. The van der Waals surface area contributed by atoms with E-state index in [-0.39, 0.29) is 11.9 Å². The van der Waals surface area contributed by atoms with Gasteiger partial charge in [0.05, 0.1) is 19.8 Å². The van der Waals surface area contributed by atoms with Crippen molar-refractivity contribution in [1.29, 1.82) is 0 Å². The van der Waals surface area contributed by atoms with Crippen LogP contribution in [0, 0.1) is 0 Å². The zero-order chi connectivity index (χ0) is 25.2. The molecule has 0 bridgehead atoms. The minimum atomic E-state index is -0.387. The first-order valence-electron chi connectivity index (χ1n) is 12.7. The van der Waals surface area contributed by atoms with E-state index in [1.54, 1.807) is 19.2 Å². The van der Waals surface area contributed by atoms with Crippen LogP contribution in [0.3, 0.4) is 0 Å². The van der Waals surface area contributed by atoms with Crippen molar-refractivity contribution in [1.82, 2.24) is 4.57 Å². The number of rotatable bonds is 13. The average molecular weight is 479 g/mol. The number of carbonyl (C=O) groups is 2. The lowest BCUT2D eigenvalue weighted by Gasteiger charge is -2.10. The molecule has 0 unspecified atom stereocenters. The Kier molecular flexibility index (Phi) is 9.76. The Morgan fingerprint density at radius 2 is 1.69 bits per heavy atom. The number of aromatic nitrogens is 1. The molecule has 35 heavy (non-hydrogen) atoms. The molecule has 0 saturated carbocycles. The Morgan fingerprint density at radius 1 is 0.914 bits per heavy atom. The van der Waals surface area contributed by atoms with Crippen molar-refractivity contribution in [2.75, 3.05) is 19.5 Å². The molecule has 0 spiro atoms. The molecule has 1 amide bonds. The van der Waals surface area contributed by atoms with Crippen molar-refractivity contribution in [3.63, 3.8) is 0 Å². The molecule has 1 heterocycles. The van der Waals surface area contributed by atoms with Crippen LogP contribution < -0.4 is 10.1 Å². The van der Waals surface area contributed by atoms with Gasteiger partial charge in [-0.25, -0.2) is 4.79 Å². The molecule has 188 valence electrons. The number of methoxy groups -OCH3 is 2. The monoisotopic (exact) mass is 478 g/mol. The second-order valence-corrected chi connectivity index (χ2v) is 8.99. The number of amides is 1. The second-order valence-electron chi connectivity index (χ2n) is 8.99. The summed E-state index contributed by atoms with van der Waals surface area (Å²) in [5.41, 5.74) is 4.58. The number of hydrogen-bond donors (Lipinski definition) is 1. The highest BCUT2D eigenvalue weighted by atomic mass is 16.5. The maximum atomic E-state index is 12.4. The number of nitrogens with zero attached hydrogens (tertiary/aromatic N) is 1. The van der Waals surface area contributed by atoms with Gasteiger partial charge in [0, 0.05) is 42.2 Å². The van der Waals surface area contributed by atoms with Gasteiger partial charge in [0.25, 0.3) is 0 Å². The Balaban J connectivity index is 1.93. The predicted molar refractivity (Wildman–Crippen MR) is 141 cm³/mol. The number of esters is 1. The lowest BCUT2D eigenvalue weighted by Crippen LogP contribution is -2.11. The van der Waals surface area contributed by atoms with Crippen LogP contribution >= 0.6 is 0 Å². The number of benzene rings is 2. The predicted octanol–water partition coefficient (Wildman–Crippen LogP) is 6.74. The average Bonchev–Trinajstić information content (AvgIpc) is 3.20. The largest absolute Gasteiger partial charge is 0.496 e. The number of unbranched alkanes of at least 4 members (excludes halogenated alkanes) is 4. The summed E-state index contributed by atoms with van der Waals surface area (Å²) in [6, 6.07) is 11.6. The molecule has 0 aliphatic rings. The van der Waals surface area contributed by atoms with Gasteiger partial charge >= 0.3 is 5.97 Å². The molecule has 3 aromatic rings. The third-order valence-corrected chi connectivity index (χ3v) is 6.35. The summed E-state index contributed by atoms with van der Waals surface area (Å²) in [6.07, 6.45) is 9.94. The Hall–Kier alpha value is -3.28. The molecular formula is C29H38N2O4. The van der Waals surface area contributed by atoms with Gasteiger partial charge < -0.3 is 19.4 Å². The normalized spacial score (nSPS) is 11.0. The summed E-state index contributed by atoms with van der Waals surface area (Å²) in [7, 11) is 2.98. The lowest BCUT2D eigenvalue weighted by atomic mass is 10.0. The molecule has 0 fully saturated rings. The first kappa shape index (κ1) is 26.3. The van der Waals surface area contributed by atoms with Gasteiger partial charge in [-0.1, -0.05) is 45.6 Å². The zero-order valence-electron chi connectivity index (χ0n) is 21.5. The number of nitrogens with one attached hydrogen (secondary N) is 1. The van der Waals surface area contributed by atoms with E-state index in [4.69, 9.17) is 9.47 Å². The van der Waals surface area contributed by atoms with Crippen LogP contribution in [-0.4, -0.2) is 30.7 Å². The van der Waals surface area contributed by atoms with Crippen LogP contribution in [0.5, 0.6) is 5.75 Å². The fourth-order valence-electron chi connectivity index (χ4n) is 4.41. The standard InChI is InChI=1S/C29H38N2O4/c1-5-7-9-11-28(32)30-24-14-15-26-25(19-24)23(20-31(26)16-10-8-6-2)17-21-12-13-22(29(33)35-4)18-27(21)34-3/h12-15,18-20H,5-11,16-17H2,1-4H3,(H,30,32). The number of hydrogen-bond acceptors (Lipinski definition) is 4. The topological polar surface area (TPSA) is 69.6 Å². The third-order valence-electron chi connectivity index (χ3n) is 6.35. The van der Waals surface area contributed by atoms with Crippen LogP contribution in [0.1, 0.15) is 80.3 Å². The number of anilines is 1. The van der Waals surface area contributed by atoms with Crippen molar-refractivity contribution in [2.24, 2.45) is 0 Å². The molecule has 6 heteroatoms. The van der Waals surface area contributed by atoms with Gasteiger partial charge in [-0.2, -0.15) is 0 Å². The fraction of sp³-hybridized carbons (Fsp3) is 0.448. The second kappa shape index (κ2) is 13.0. The van der Waals surface area contributed by atoms with Crippen molar-refractivity contribution >= 4 is 28.5 Å². The number of carbonyl (C=O) groups excluding carboxylic acids is 2. The van der Waals surface area contributed by atoms with Crippen molar-refractivity contribution in [2.45, 2.75) is 71.8 Å². The van der Waals surface area contributed by atoms with Crippen molar-refractivity contribution in [3.8, 4) is 5.75 Å². The Morgan fingerprint density at radius 3 is 2.40 bits per heavy atom. The highest BCUT2D eigenvalue weighted by Gasteiger charge is 2.15. The molecule has 0 radical (unpaired) electrons. The van der Waals surface area contributed by atoms with Crippen LogP contribution in [0.25, 0.3) is 10.9 Å². The van der Waals surface area contributed by atoms with Crippen LogP contribution in [0.15, 0.2) is 42.6 Å². The van der Waals surface area contributed by atoms with Gasteiger partial charge in [0.1, 0.15) is 5.75 Å². The van der Waals surface area contributed by atoms with E-state index in [0.29, 0.717) is 24.2 Å². The molecule has 0 saturated heterocycles. The summed E-state index contributed by atoms with van der Waals surface area (Å²) in [5, 5.41) is 4.19.